The largest absolute Gasteiger partial charge is 0.312 e. The Bertz CT molecular complexity index is 190. The second-order valence-electron chi connectivity index (χ2n) is 3.93. The van der Waals surface area contributed by atoms with Crippen LogP contribution >= 0.6 is 0 Å². The lowest BCUT2D eigenvalue weighted by atomic mass is 10.0. The molecule has 2 rings (SSSR count). The zero-order chi connectivity index (χ0) is 8.55. The molecule has 0 saturated heterocycles. The third-order valence-electron chi connectivity index (χ3n) is 3.11. The fourth-order valence-electron chi connectivity index (χ4n) is 2.40. The monoisotopic (exact) mass is 167 g/mol. The zero-order valence-electron chi connectivity index (χ0n) is 7.59. The van der Waals surface area contributed by atoms with Gasteiger partial charge in [0.2, 0.25) is 0 Å². The van der Waals surface area contributed by atoms with Crippen LogP contribution in [-0.4, -0.2) is 12.4 Å². The lowest BCUT2D eigenvalue weighted by molar-refractivity contribution is 0.603. The quantitative estimate of drug-likeness (QED) is 0.278. The van der Waals surface area contributed by atoms with Gasteiger partial charge in [0.1, 0.15) is 5.84 Å². The molecule has 12 heavy (non-hydrogen) atoms. The van der Waals surface area contributed by atoms with E-state index in [0.717, 1.165) is 24.2 Å². The minimum atomic E-state index is 0.638. The molecule has 2 fully saturated rings. The third kappa shape index (κ3) is 1.33. The Balaban J connectivity index is 1.93. The third-order valence-corrected chi connectivity index (χ3v) is 3.11. The number of nitrogens with zero attached hydrogens (tertiary/aromatic N) is 1. The van der Waals surface area contributed by atoms with Gasteiger partial charge in [-0.15, -0.1) is 0 Å². The maximum absolute atomic E-state index is 5.42. The van der Waals surface area contributed by atoms with E-state index in [2.05, 4.69) is 10.4 Å². The van der Waals surface area contributed by atoms with Crippen LogP contribution in [0.3, 0.4) is 0 Å². The van der Waals surface area contributed by atoms with E-state index in [0.29, 0.717) is 5.92 Å². The van der Waals surface area contributed by atoms with E-state index in [4.69, 9.17) is 5.84 Å². The molecular weight excluding hydrogens is 150 g/mol. The molecule has 2 saturated carbocycles. The summed E-state index contributed by atoms with van der Waals surface area (Å²) in [6.45, 7) is 2.89. The molecule has 0 aromatic rings. The van der Waals surface area contributed by atoms with E-state index in [1.807, 2.05) is 6.92 Å². The van der Waals surface area contributed by atoms with Gasteiger partial charge < -0.3 is 5.43 Å². The van der Waals surface area contributed by atoms with Gasteiger partial charge in [0.25, 0.3) is 0 Å². The molecule has 0 radical (unpaired) electrons. The van der Waals surface area contributed by atoms with Gasteiger partial charge in [-0.05, 0) is 38.0 Å². The van der Waals surface area contributed by atoms with Crippen LogP contribution in [0.1, 0.15) is 26.2 Å². The van der Waals surface area contributed by atoms with Crippen molar-refractivity contribution in [3.05, 3.63) is 0 Å². The predicted octanol–water partition coefficient (Wildman–Crippen LogP) is 0.914. The van der Waals surface area contributed by atoms with Crippen LogP contribution in [0.5, 0.6) is 0 Å². The normalized spacial score (nSPS) is 39.5. The number of amidine groups is 1. The van der Waals surface area contributed by atoms with Crippen LogP contribution in [0, 0.1) is 17.8 Å². The first-order chi connectivity index (χ1) is 5.85. The van der Waals surface area contributed by atoms with Gasteiger partial charge in [0, 0.05) is 12.5 Å². The van der Waals surface area contributed by atoms with Crippen molar-refractivity contribution in [2.45, 2.75) is 26.2 Å². The number of nitrogens with one attached hydrogen (secondary N) is 1. The first-order valence-electron chi connectivity index (χ1n) is 4.86. The Labute approximate surface area is 73.4 Å². The Morgan fingerprint density at radius 2 is 2.08 bits per heavy atom. The van der Waals surface area contributed by atoms with Crippen LogP contribution in [0.15, 0.2) is 4.99 Å². The Morgan fingerprint density at radius 1 is 1.42 bits per heavy atom. The van der Waals surface area contributed by atoms with Crippen molar-refractivity contribution in [2.24, 2.45) is 28.6 Å². The number of hydrogen-bond acceptors (Lipinski definition) is 2. The van der Waals surface area contributed by atoms with Gasteiger partial charge in [-0.3, -0.25) is 4.99 Å². The number of fused-ring (bicyclic) bond motifs is 1. The molecule has 2 aliphatic carbocycles. The van der Waals surface area contributed by atoms with Crippen molar-refractivity contribution in [1.82, 2.24) is 5.43 Å². The van der Waals surface area contributed by atoms with Crippen LogP contribution in [0.2, 0.25) is 0 Å². The van der Waals surface area contributed by atoms with E-state index in [1.54, 1.807) is 0 Å². The van der Waals surface area contributed by atoms with Crippen molar-refractivity contribution in [3.63, 3.8) is 0 Å². The first-order valence-corrected chi connectivity index (χ1v) is 4.86. The smallest absolute Gasteiger partial charge is 0.113 e. The van der Waals surface area contributed by atoms with Gasteiger partial charge in [0.05, 0.1) is 0 Å². The first kappa shape index (κ1) is 8.05. The van der Waals surface area contributed by atoms with Crippen molar-refractivity contribution < 1.29 is 0 Å². The summed E-state index contributed by atoms with van der Waals surface area (Å²) in [5.74, 6) is 9.10. The Kier molecular flexibility index (Phi) is 2.05. The van der Waals surface area contributed by atoms with Gasteiger partial charge in [-0.25, -0.2) is 5.84 Å². The molecule has 2 unspecified atom stereocenters. The SMILES string of the molecule is CCN=C(NN)C1CC2CC2C1. The van der Waals surface area contributed by atoms with Crippen molar-refractivity contribution >= 4 is 5.84 Å². The molecule has 0 spiro atoms. The lowest BCUT2D eigenvalue weighted by Crippen LogP contribution is -2.35. The molecule has 0 aliphatic heterocycles. The van der Waals surface area contributed by atoms with Gasteiger partial charge in [-0.2, -0.15) is 0 Å². The second kappa shape index (κ2) is 3.05. The van der Waals surface area contributed by atoms with E-state index in [9.17, 15) is 0 Å². The Hall–Kier alpha value is -0.570. The van der Waals surface area contributed by atoms with Gasteiger partial charge in [0.15, 0.2) is 0 Å². The molecule has 0 bridgehead atoms. The summed E-state index contributed by atoms with van der Waals surface area (Å²) in [5, 5.41) is 0. The van der Waals surface area contributed by atoms with E-state index >= 15 is 0 Å². The fourth-order valence-corrected chi connectivity index (χ4v) is 2.40. The summed E-state index contributed by atoms with van der Waals surface area (Å²) in [6, 6.07) is 0. The maximum atomic E-state index is 5.42. The molecule has 2 aliphatic rings. The molecule has 68 valence electrons. The van der Waals surface area contributed by atoms with Crippen LogP contribution in [0.4, 0.5) is 0 Å². The average Bonchev–Trinajstić information content (AvgIpc) is 2.70. The summed E-state index contributed by atoms with van der Waals surface area (Å²) in [5.41, 5.74) is 2.74. The van der Waals surface area contributed by atoms with Gasteiger partial charge in [-0.1, -0.05) is 0 Å². The van der Waals surface area contributed by atoms with E-state index in [1.165, 1.54) is 19.3 Å². The highest BCUT2D eigenvalue weighted by molar-refractivity contribution is 5.84. The van der Waals surface area contributed by atoms with Gasteiger partial charge >= 0.3 is 0 Å². The molecule has 0 heterocycles. The number of hydrazine groups is 1. The molecule has 3 nitrogen and oxygen atoms in total. The van der Waals surface area contributed by atoms with Crippen LogP contribution in [0.25, 0.3) is 0 Å². The Morgan fingerprint density at radius 3 is 2.58 bits per heavy atom. The predicted molar refractivity (Wildman–Crippen MR) is 49.6 cm³/mol. The average molecular weight is 167 g/mol. The maximum Gasteiger partial charge on any atom is 0.113 e. The molecule has 2 atom stereocenters. The summed E-state index contributed by atoms with van der Waals surface area (Å²) in [7, 11) is 0. The zero-order valence-corrected chi connectivity index (χ0v) is 7.59. The standard InChI is InChI=1S/C9H17N3/c1-2-11-9(12-10)8-4-6-3-7(6)5-8/h6-8H,2-5,10H2,1H3,(H,11,12). The lowest BCUT2D eigenvalue weighted by Gasteiger charge is -2.13. The summed E-state index contributed by atoms with van der Waals surface area (Å²) < 4.78 is 0. The fraction of sp³-hybridized carbons (Fsp3) is 0.889. The highest BCUT2D eigenvalue weighted by Gasteiger charge is 2.47. The number of nitrogens with two attached hydrogens (primary N) is 1. The van der Waals surface area contributed by atoms with Crippen molar-refractivity contribution in [2.75, 3.05) is 6.54 Å². The highest BCUT2D eigenvalue weighted by Crippen LogP contribution is 2.54. The number of aliphatic imine (C=N–C) groups is 1. The molecule has 0 aromatic heterocycles. The molecule has 0 amide bonds. The van der Waals surface area contributed by atoms with Crippen LogP contribution in [-0.2, 0) is 0 Å². The molecule has 0 aromatic carbocycles. The van der Waals surface area contributed by atoms with E-state index in [-0.39, 0.29) is 0 Å². The highest BCUT2D eigenvalue weighted by atomic mass is 15.3. The van der Waals surface area contributed by atoms with Crippen molar-refractivity contribution in [1.29, 1.82) is 0 Å². The molecule has 3 heteroatoms. The minimum absolute atomic E-state index is 0.638. The summed E-state index contributed by atoms with van der Waals surface area (Å²) >= 11 is 0. The second-order valence-corrected chi connectivity index (χ2v) is 3.93. The van der Waals surface area contributed by atoms with Crippen molar-refractivity contribution in [3.8, 4) is 0 Å². The molecule has 3 N–H and O–H groups in total. The van der Waals surface area contributed by atoms with Crippen LogP contribution < -0.4 is 11.3 Å². The summed E-state index contributed by atoms with van der Waals surface area (Å²) in [6.07, 6.45) is 4.09. The molecular formula is C9H17N3. The summed E-state index contributed by atoms with van der Waals surface area (Å²) in [4.78, 5) is 4.36. The topological polar surface area (TPSA) is 50.4 Å². The number of hydrogen-bond donors (Lipinski definition) is 2. The minimum Gasteiger partial charge on any atom is -0.312 e. The number of rotatable bonds is 2. The van der Waals surface area contributed by atoms with E-state index < -0.39 is 0 Å².